The van der Waals surface area contributed by atoms with E-state index in [1.165, 1.54) is 6.40 Å². The Kier molecular flexibility index (Phi) is 7.59. The minimum Gasteiger partial charge on any atom is -0.385 e. The first kappa shape index (κ1) is 14.5. The average Bonchev–Trinajstić information content (AvgIpc) is 2.40. The fraction of sp³-hybridized carbons (Fsp3) is 0.333. The zero-order valence-corrected chi connectivity index (χ0v) is 10.9. The predicted molar refractivity (Wildman–Crippen MR) is 72.8 cm³/mol. The van der Waals surface area contributed by atoms with Gasteiger partial charge in [-0.2, -0.15) is 9.88 Å². The molecule has 0 amide bonds. The van der Waals surface area contributed by atoms with Crippen molar-refractivity contribution in [2.24, 2.45) is 9.98 Å². The summed E-state index contributed by atoms with van der Waals surface area (Å²) in [6.45, 7) is 1.10. The standard InChI is InChI=1S/C12H14N2O3S/c1-15-7-2-8-16-17-9-13-11-3-5-12(6-4-11)14-10-18/h3-6,9H,2,7-8H2,1H3. The molecule has 0 heterocycles. The molecule has 6 heteroatoms. The zero-order chi connectivity index (χ0) is 13.1. The van der Waals surface area contributed by atoms with Gasteiger partial charge in [-0.05, 0) is 42.9 Å². The Balaban J connectivity index is 2.27. The van der Waals surface area contributed by atoms with Crippen LogP contribution in [0.2, 0.25) is 0 Å². The van der Waals surface area contributed by atoms with E-state index in [2.05, 4.69) is 27.4 Å². The van der Waals surface area contributed by atoms with E-state index in [1.807, 2.05) is 0 Å². The van der Waals surface area contributed by atoms with Crippen LogP contribution in [0.1, 0.15) is 6.42 Å². The lowest BCUT2D eigenvalue weighted by Crippen LogP contribution is -1.98. The summed E-state index contributed by atoms with van der Waals surface area (Å²) in [5, 5.41) is 2.30. The van der Waals surface area contributed by atoms with Crippen LogP contribution in [0.5, 0.6) is 0 Å². The molecule has 0 radical (unpaired) electrons. The Morgan fingerprint density at radius 2 is 1.94 bits per heavy atom. The number of hydrogen-bond donors (Lipinski definition) is 0. The molecule has 0 aliphatic rings. The van der Waals surface area contributed by atoms with Crippen molar-refractivity contribution in [3.63, 3.8) is 0 Å². The molecule has 0 bridgehead atoms. The molecule has 1 aromatic rings. The van der Waals surface area contributed by atoms with E-state index in [1.54, 1.807) is 31.4 Å². The first-order chi connectivity index (χ1) is 8.86. The molecule has 0 fully saturated rings. The number of aliphatic imine (C=N–C) groups is 2. The van der Waals surface area contributed by atoms with Crippen molar-refractivity contribution in [3.8, 4) is 0 Å². The quantitative estimate of drug-likeness (QED) is 0.181. The van der Waals surface area contributed by atoms with Crippen LogP contribution in [0.3, 0.4) is 0 Å². The summed E-state index contributed by atoms with van der Waals surface area (Å²) in [5.74, 6) is 0. The number of hydrogen-bond acceptors (Lipinski definition) is 6. The number of thiocarbonyl (C=S) groups is 1. The van der Waals surface area contributed by atoms with Crippen LogP contribution in [0.25, 0.3) is 0 Å². The van der Waals surface area contributed by atoms with E-state index in [9.17, 15) is 0 Å². The van der Waals surface area contributed by atoms with E-state index in [0.29, 0.717) is 13.2 Å². The lowest BCUT2D eigenvalue weighted by Gasteiger charge is -1.99. The van der Waals surface area contributed by atoms with Gasteiger partial charge in [0.2, 0.25) is 6.40 Å². The number of rotatable bonds is 8. The summed E-state index contributed by atoms with van der Waals surface area (Å²) in [6, 6.07) is 7.14. The number of methoxy groups -OCH3 is 1. The molecule has 96 valence electrons. The first-order valence-corrected chi connectivity index (χ1v) is 5.75. The molecule has 0 unspecified atom stereocenters. The van der Waals surface area contributed by atoms with E-state index in [-0.39, 0.29) is 0 Å². The Hall–Kier alpha value is -1.59. The van der Waals surface area contributed by atoms with Crippen LogP contribution in [0.4, 0.5) is 11.4 Å². The van der Waals surface area contributed by atoms with Gasteiger partial charge < -0.3 is 9.62 Å². The summed E-state index contributed by atoms with van der Waals surface area (Å²) >= 11 is 4.50. The van der Waals surface area contributed by atoms with Crippen molar-refractivity contribution in [3.05, 3.63) is 24.3 Å². The molecule has 18 heavy (non-hydrogen) atoms. The van der Waals surface area contributed by atoms with Crippen LogP contribution in [-0.2, 0) is 14.5 Å². The maximum absolute atomic E-state index is 4.86. The number of benzene rings is 1. The molecule has 0 atom stereocenters. The van der Waals surface area contributed by atoms with Crippen LogP contribution in [-0.4, -0.2) is 31.9 Å². The van der Waals surface area contributed by atoms with Gasteiger partial charge >= 0.3 is 0 Å². The van der Waals surface area contributed by atoms with Crippen molar-refractivity contribution in [1.29, 1.82) is 0 Å². The minimum absolute atomic E-state index is 0.460. The fourth-order valence-electron chi connectivity index (χ4n) is 1.09. The molecule has 1 aromatic carbocycles. The summed E-state index contributed by atoms with van der Waals surface area (Å²) < 4.78 is 4.86. The summed E-state index contributed by atoms with van der Waals surface area (Å²) in [4.78, 5) is 17.5. The largest absolute Gasteiger partial charge is 0.385 e. The highest BCUT2D eigenvalue weighted by atomic mass is 32.1. The SMILES string of the molecule is COCCCOOC=Nc1ccc(N=C=S)cc1. The van der Waals surface area contributed by atoms with Crippen LogP contribution in [0.15, 0.2) is 34.3 Å². The monoisotopic (exact) mass is 266 g/mol. The van der Waals surface area contributed by atoms with E-state index in [0.717, 1.165) is 17.8 Å². The highest BCUT2D eigenvalue weighted by molar-refractivity contribution is 7.78. The highest BCUT2D eigenvalue weighted by Gasteiger charge is 1.90. The molecular formula is C12H14N2O3S. The molecule has 0 saturated heterocycles. The van der Waals surface area contributed by atoms with Crippen molar-refractivity contribution >= 4 is 35.2 Å². The second kappa shape index (κ2) is 9.44. The summed E-state index contributed by atoms with van der Waals surface area (Å²) in [6.07, 6.45) is 2.01. The van der Waals surface area contributed by atoms with Crippen molar-refractivity contribution in [2.45, 2.75) is 6.42 Å². The maximum atomic E-state index is 4.86. The molecular weight excluding hydrogens is 252 g/mol. The van der Waals surface area contributed by atoms with Crippen molar-refractivity contribution in [2.75, 3.05) is 20.3 Å². The Morgan fingerprint density at radius 3 is 2.61 bits per heavy atom. The molecule has 5 nitrogen and oxygen atoms in total. The zero-order valence-electron chi connectivity index (χ0n) is 10.0. The lowest BCUT2D eigenvalue weighted by atomic mass is 10.3. The number of nitrogens with zero attached hydrogens (tertiary/aromatic N) is 2. The topological polar surface area (TPSA) is 52.4 Å². The number of ether oxygens (including phenoxy) is 1. The normalized spacial score (nSPS) is 10.3. The van der Waals surface area contributed by atoms with Gasteiger partial charge in [-0.1, -0.05) is 0 Å². The summed E-state index contributed by atoms with van der Waals surface area (Å²) in [5.41, 5.74) is 1.47. The molecule has 0 aliphatic carbocycles. The highest BCUT2D eigenvalue weighted by Crippen LogP contribution is 2.17. The van der Waals surface area contributed by atoms with E-state index in [4.69, 9.17) is 14.5 Å². The van der Waals surface area contributed by atoms with Crippen LogP contribution >= 0.6 is 12.2 Å². The molecule has 0 N–H and O–H groups in total. The molecule has 0 aromatic heterocycles. The van der Waals surface area contributed by atoms with Crippen molar-refractivity contribution < 1.29 is 14.5 Å². The minimum atomic E-state index is 0.460. The average molecular weight is 266 g/mol. The van der Waals surface area contributed by atoms with E-state index < -0.39 is 0 Å². The third-order valence-electron chi connectivity index (χ3n) is 1.91. The third kappa shape index (κ3) is 6.22. The van der Waals surface area contributed by atoms with Gasteiger partial charge in [0.25, 0.3) is 0 Å². The predicted octanol–water partition coefficient (Wildman–Crippen LogP) is 3.07. The number of isothiocyanates is 1. The Bertz CT molecular complexity index is 414. The maximum Gasteiger partial charge on any atom is 0.219 e. The fourth-order valence-corrected chi connectivity index (χ4v) is 1.19. The molecule has 0 aliphatic heterocycles. The first-order valence-electron chi connectivity index (χ1n) is 5.34. The summed E-state index contributed by atoms with van der Waals surface area (Å²) in [7, 11) is 1.64. The Labute approximate surface area is 111 Å². The van der Waals surface area contributed by atoms with Gasteiger partial charge in [-0.15, -0.1) is 0 Å². The lowest BCUT2D eigenvalue weighted by molar-refractivity contribution is -0.218. The van der Waals surface area contributed by atoms with Gasteiger partial charge in [0.15, 0.2) is 0 Å². The molecule has 1 rings (SSSR count). The van der Waals surface area contributed by atoms with Gasteiger partial charge in [0, 0.05) is 13.7 Å². The van der Waals surface area contributed by atoms with Crippen molar-refractivity contribution in [1.82, 2.24) is 0 Å². The smallest absolute Gasteiger partial charge is 0.219 e. The third-order valence-corrected chi connectivity index (χ3v) is 2.00. The van der Waals surface area contributed by atoms with Gasteiger partial charge in [-0.25, -0.2) is 4.99 Å². The van der Waals surface area contributed by atoms with Gasteiger partial charge in [0.1, 0.15) is 0 Å². The van der Waals surface area contributed by atoms with Crippen LogP contribution < -0.4 is 0 Å². The van der Waals surface area contributed by atoms with Gasteiger partial charge in [0.05, 0.1) is 23.1 Å². The second-order valence-corrected chi connectivity index (χ2v) is 3.40. The molecule has 0 spiro atoms. The molecule has 0 saturated carbocycles. The Morgan fingerprint density at radius 1 is 1.22 bits per heavy atom. The van der Waals surface area contributed by atoms with Gasteiger partial charge in [-0.3, -0.25) is 0 Å². The van der Waals surface area contributed by atoms with Crippen LogP contribution in [0, 0.1) is 0 Å². The van der Waals surface area contributed by atoms with E-state index >= 15 is 0 Å². The second-order valence-electron chi connectivity index (χ2n) is 3.22.